The lowest BCUT2D eigenvalue weighted by Gasteiger charge is -2.22. The maximum absolute atomic E-state index is 12.7. The van der Waals surface area contributed by atoms with Crippen molar-refractivity contribution in [3.05, 3.63) is 17.8 Å². The van der Waals surface area contributed by atoms with E-state index in [0.29, 0.717) is 36.2 Å². The summed E-state index contributed by atoms with van der Waals surface area (Å²) in [6.45, 7) is 3.41. The van der Waals surface area contributed by atoms with E-state index in [1.165, 1.54) is 19.1 Å². The molecule has 0 bridgehead atoms. The second-order valence-electron chi connectivity index (χ2n) is 7.05. The molecule has 0 aromatic carbocycles. The highest BCUT2D eigenvalue weighted by molar-refractivity contribution is 5.92. The van der Waals surface area contributed by atoms with Crippen molar-refractivity contribution in [2.75, 3.05) is 26.7 Å². The first-order valence-electron chi connectivity index (χ1n) is 8.75. The molecule has 0 radical (unpaired) electrons. The molecule has 4 rings (SSSR count). The highest BCUT2D eigenvalue weighted by Gasteiger charge is 2.40. The van der Waals surface area contributed by atoms with Crippen molar-refractivity contribution in [3.63, 3.8) is 0 Å². The first-order valence-corrected chi connectivity index (χ1v) is 8.75. The fourth-order valence-corrected chi connectivity index (χ4v) is 4.44. The number of carbonyl (C=O) groups excluding carboxylic acids is 1. The van der Waals surface area contributed by atoms with Crippen LogP contribution < -0.4 is 0 Å². The standard InChI is InChI=1S/C17H25N3O3/c1-22-13-6-7-19(9-13)10-16-18-14(11-23-16)17(21)20-8-5-12-3-2-4-15(12)20/h11-13,15H,2-10H2,1H3/t12-,13-,15-/m0/s1. The zero-order valence-corrected chi connectivity index (χ0v) is 13.7. The number of fused-ring (bicyclic) bond motifs is 1. The van der Waals surface area contributed by atoms with Crippen LogP contribution in [0.15, 0.2) is 10.7 Å². The van der Waals surface area contributed by atoms with Crippen LogP contribution >= 0.6 is 0 Å². The van der Waals surface area contributed by atoms with E-state index in [9.17, 15) is 4.79 Å². The van der Waals surface area contributed by atoms with Crippen LogP contribution in [0.2, 0.25) is 0 Å². The molecular formula is C17H25N3O3. The second kappa shape index (κ2) is 6.24. The Morgan fingerprint density at radius 3 is 3.09 bits per heavy atom. The molecule has 3 aliphatic rings. The molecule has 23 heavy (non-hydrogen) atoms. The number of rotatable bonds is 4. The number of hydrogen-bond donors (Lipinski definition) is 0. The van der Waals surface area contributed by atoms with Crippen molar-refractivity contribution in [2.45, 2.75) is 50.8 Å². The first kappa shape index (κ1) is 15.1. The zero-order valence-electron chi connectivity index (χ0n) is 13.7. The average molecular weight is 319 g/mol. The molecule has 126 valence electrons. The predicted octanol–water partition coefficient (Wildman–Crippen LogP) is 1.91. The Labute approximate surface area is 136 Å². The van der Waals surface area contributed by atoms with Crippen LogP contribution in [-0.2, 0) is 11.3 Å². The number of hydrogen-bond acceptors (Lipinski definition) is 5. The lowest BCUT2D eigenvalue weighted by Crippen LogP contribution is -2.36. The smallest absolute Gasteiger partial charge is 0.276 e. The maximum atomic E-state index is 12.7. The van der Waals surface area contributed by atoms with Crippen molar-refractivity contribution in [2.24, 2.45) is 5.92 Å². The van der Waals surface area contributed by atoms with Gasteiger partial charge in [0.15, 0.2) is 5.69 Å². The van der Waals surface area contributed by atoms with Crippen LogP contribution in [0.25, 0.3) is 0 Å². The van der Waals surface area contributed by atoms with Gasteiger partial charge >= 0.3 is 0 Å². The van der Waals surface area contributed by atoms with Crippen molar-refractivity contribution in [3.8, 4) is 0 Å². The van der Waals surface area contributed by atoms with Gasteiger partial charge in [-0.3, -0.25) is 9.69 Å². The van der Waals surface area contributed by atoms with Crippen LogP contribution in [0.1, 0.15) is 48.5 Å². The summed E-state index contributed by atoms with van der Waals surface area (Å²) in [5.41, 5.74) is 0.468. The number of ether oxygens (including phenoxy) is 1. The summed E-state index contributed by atoms with van der Waals surface area (Å²) in [5, 5.41) is 0. The largest absolute Gasteiger partial charge is 0.447 e. The van der Waals surface area contributed by atoms with Crippen LogP contribution in [0.5, 0.6) is 0 Å². The van der Waals surface area contributed by atoms with Crippen molar-refractivity contribution in [1.29, 1.82) is 0 Å². The molecule has 6 heteroatoms. The Kier molecular flexibility index (Phi) is 4.11. The average Bonchev–Trinajstić information content (AvgIpc) is 3.31. The van der Waals surface area contributed by atoms with Gasteiger partial charge in [0.2, 0.25) is 5.89 Å². The molecule has 0 N–H and O–H groups in total. The van der Waals surface area contributed by atoms with E-state index in [4.69, 9.17) is 9.15 Å². The molecule has 0 spiro atoms. The normalized spacial score (nSPS) is 31.0. The van der Waals surface area contributed by atoms with Gasteiger partial charge in [-0.25, -0.2) is 4.98 Å². The molecule has 2 saturated heterocycles. The third-order valence-electron chi connectivity index (χ3n) is 5.71. The maximum Gasteiger partial charge on any atom is 0.276 e. The Morgan fingerprint density at radius 1 is 1.35 bits per heavy atom. The summed E-state index contributed by atoms with van der Waals surface area (Å²) >= 11 is 0. The third-order valence-corrected chi connectivity index (χ3v) is 5.71. The molecule has 3 heterocycles. The van der Waals surface area contributed by atoms with E-state index in [1.54, 1.807) is 7.11 Å². The number of methoxy groups -OCH3 is 1. The molecule has 6 nitrogen and oxygen atoms in total. The minimum Gasteiger partial charge on any atom is -0.447 e. The van der Waals surface area contributed by atoms with Gasteiger partial charge in [0, 0.05) is 32.8 Å². The Hall–Kier alpha value is -1.40. The minimum atomic E-state index is 0.0468. The number of nitrogens with zero attached hydrogens (tertiary/aromatic N) is 3. The van der Waals surface area contributed by atoms with Gasteiger partial charge in [-0.15, -0.1) is 0 Å². The fourth-order valence-electron chi connectivity index (χ4n) is 4.44. The van der Waals surface area contributed by atoms with Gasteiger partial charge < -0.3 is 14.1 Å². The first-order chi connectivity index (χ1) is 11.2. The number of likely N-dealkylation sites (tertiary alicyclic amines) is 2. The number of amides is 1. The number of oxazole rings is 1. The molecule has 1 aromatic rings. The Morgan fingerprint density at radius 2 is 2.26 bits per heavy atom. The Balaban J connectivity index is 1.39. The molecule has 3 atom stereocenters. The van der Waals surface area contributed by atoms with Crippen molar-refractivity contribution in [1.82, 2.24) is 14.8 Å². The number of aromatic nitrogens is 1. The minimum absolute atomic E-state index is 0.0468. The topological polar surface area (TPSA) is 58.8 Å². The zero-order chi connectivity index (χ0) is 15.8. The highest BCUT2D eigenvalue weighted by Crippen LogP contribution is 2.38. The summed E-state index contributed by atoms with van der Waals surface area (Å²) in [6.07, 6.45) is 7.69. The summed E-state index contributed by atoms with van der Waals surface area (Å²) in [5.74, 6) is 1.39. The molecule has 1 amide bonds. The van der Waals surface area contributed by atoms with E-state index in [0.717, 1.165) is 38.9 Å². The van der Waals surface area contributed by atoms with Crippen LogP contribution in [0.4, 0.5) is 0 Å². The second-order valence-corrected chi connectivity index (χ2v) is 7.05. The van der Waals surface area contributed by atoms with Gasteiger partial charge in [-0.1, -0.05) is 6.42 Å². The number of carbonyl (C=O) groups is 1. The van der Waals surface area contributed by atoms with Gasteiger partial charge in [0.25, 0.3) is 5.91 Å². The summed E-state index contributed by atoms with van der Waals surface area (Å²) < 4.78 is 10.9. The van der Waals surface area contributed by atoms with Gasteiger partial charge in [-0.05, 0) is 31.6 Å². The van der Waals surface area contributed by atoms with Crippen LogP contribution in [0.3, 0.4) is 0 Å². The fraction of sp³-hybridized carbons (Fsp3) is 0.765. The third kappa shape index (κ3) is 2.90. The van der Waals surface area contributed by atoms with E-state index in [2.05, 4.69) is 9.88 Å². The SMILES string of the molecule is CO[C@H]1CCN(Cc2nc(C(=O)N3CC[C@@H]4CCC[C@@H]43)co2)C1. The lowest BCUT2D eigenvalue weighted by molar-refractivity contribution is 0.0722. The molecule has 2 aliphatic heterocycles. The van der Waals surface area contributed by atoms with E-state index < -0.39 is 0 Å². The van der Waals surface area contributed by atoms with Crippen molar-refractivity contribution >= 4 is 5.91 Å². The Bertz CT molecular complexity index is 573. The van der Waals surface area contributed by atoms with Gasteiger partial charge in [0.05, 0.1) is 12.6 Å². The molecular weight excluding hydrogens is 294 g/mol. The van der Waals surface area contributed by atoms with E-state index >= 15 is 0 Å². The molecule has 1 aliphatic carbocycles. The highest BCUT2D eigenvalue weighted by atomic mass is 16.5. The molecule has 0 unspecified atom stereocenters. The van der Waals surface area contributed by atoms with E-state index in [1.807, 2.05) is 4.90 Å². The summed E-state index contributed by atoms with van der Waals surface area (Å²) in [7, 11) is 1.75. The molecule has 3 fully saturated rings. The molecule has 1 saturated carbocycles. The summed E-state index contributed by atoms with van der Waals surface area (Å²) in [6, 6.07) is 0.434. The monoisotopic (exact) mass is 319 g/mol. The quantitative estimate of drug-likeness (QED) is 0.848. The predicted molar refractivity (Wildman–Crippen MR) is 84.0 cm³/mol. The summed E-state index contributed by atoms with van der Waals surface area (Å²) in [4.78, 5) is 21.4. The van der Waals surface area contributed by atoms with Crippen LogP contribution in [0, 0.1) is 5.92 Å². The molecule has 1 aromatic heterocycles. The van der Waals surface area contributed by atoms with Crippen LogP contribution in [-0.4, -0.2) is 59.6 Å². The van der Waals surface area contributed by atoms with E-state index in [-0.39, 0.29) is 5.91 Å². The van der Waals surface area contributed by atoms with Gasteiger partial charge in [0.1, 0.15) is 6.26 Å². The van der Waals surface area contributed by atoms with Gasteiger partial charge in [-0.2, -0.15) is 0 Å². The van der Waals surface area contributed by atoms with Crippen molar-refractivity contribution < 1.29 is 13.9 Å². The lowest BCUT2D eigenvalue weighted by atomic mass is 10.0.